The number of carbonyl (C=O) groups is 2. The summed E-state index contributed by atoms with van der Waals surface area (Å²) < 4.78 is 10.9. The van der Waals surface area contributed by atoms with Crippen LogP contribution in [0.3, 0.4) is 0 Å². The van der Waals surface area contributed by atoms with E-state index in [2.05, 4.69) is 10.3 Å². The van der Waals surface area contributed by atoms with Gasteiger partial charge >= 0.3 is 5.97 Å². The molecule has 1 fully saturated rings. The molecule has 1 aromatic carbocycles. The van der Waals surface area contributed by atoms with Crippen molar-refractivity contribution in [3.8, 4) is 5.88 Å². The number of benzene rings is 1. The molecular weight excluding hydrogens is 324 g/mol. The molecule has 7 nitrogen and oxygen atoms in total. The van der Waals surface area contributed by atoms with Crippen LogP contribution in [-0.2, 0) is 9.53 Å². The zero-order valence-electron chi connectivity index (χ0n) is 13.4. The van der Waals surface area contributed by atoms with Gasteiger partial charge in [-0.3, -0.25) is 4.79 Å². The fraction of sp³-hybridized carbons (Fsp3) is 0.278. The van der Waals surface area contributed by atoms with Crippen LogP contribution in [0.25, 0.3) is 0 Å². The lowest BCUT2D eigenvalue weighted by atomic mass is 10.1. The van der Waals surface area contributed by atoms with Gasteiger partial charge in [0, 0.05) is 24.2 Å². The zero-order chi connectivity index (χ0) is 17.6. The van der Waals surface area contributed by atoms with Gasteiger partial charge in [0.15, 0.2) is 6.04 Å². The van der Waals surface area contributed by atoms with Gasteiger partial charge in [-0.05, 0) is 11.6 Å². The molecule has 2 heterocycles. The molecule has 1 aromatic heterocycles. The van der Waals surface area contributed by atoms with Crippen molar-refractivity contribution in [1.29, 1.82) is 0 Å². The van der Waals surface area contributed by atoms with Crippen LogP contribution in [0.4, 0.5) is 0 Å². The summed E-state index contributed by atoms with van der Waals surface area (Å²) in [4.78, 5) is 28.0. The quantitative estimate of drug-likeness (QED) is 0.831. The molecule has 25 heavy (non-hydrogen) atoms. The van der Waals surface area contributed by atoms with Gasteiger partial charge in [0.25, 0.3) is 5.91 Å². The van der Waals surface area contributed by atoms with Crippen molar-refractivity contribution < 1.29 is 24.2 Å². The van der Waals surface area contributed by atoms with Crippen LogP contribution in [0.5, 0.6) is 5.88 Å². The number of aromatic nitrogens is 1. The standard InChI is InChI=1S/C18H18N2O5/c21-17(20-16(18(22)23)12-4-2-1-3-5-12)13-6-8-19-15(10-13)25-14-7-9-24-11-14/h1-6,8,10,14,16H,7,9,11H2,(H,20,21)(H,22,23). The van der Waals surface area contributed by atoms with Crippen LogP contribution in [0, 0.1) is 0 Å². The summed E-state index contributed by atoms with van der Waals surface area (Å²) in [6.45, 7) is 1.13. The lowest BCUT2D eigenvalue weighted by Crippen LogP contribution is -2.33. The molecule has 1 amide bonds. The van der Waals surface area contributed by atoms with E-state index in [1.54, 1.807) is 30.3 Å². The molecule has 2 unspecified atom stereocenters. The van der Waals surface area contributed by atoms with Crippen LogP contribution in [-0.4, -0.2) is 41.3 Å². The Labute approximate surface area is 144 Å². The Morgan fingerprint density at radius 1 is 1.28 bits per heavy atom. The average molecular weight is 342 g/mol. The molecule has 7 heteroatoms. The molecule has 0 saturated carbocycles. The number of amides is 1. The second kappa shape index (κ2) is 7.76. The lowest BCUT2D eigenvalue weighted by Gasteiger charge is -2.15. The second-order valence-electron chi connectivity index (χ2n) is 5.64. The van der Waals surface area contributed by atoms with E-state index in [0.717, 1.165) is 6.42 Å². The Morgan fingerprint density at radius 3 is 2.76 bits per heavy atom. The molecule has 0 aliphatic carbocycles. The number of rotatable bonds is 6. The van der Waals surface area contributed by atoms with Crippen LogP contribution in [0.15, 0.2) is 48.7 Å². The van der Waals surface area contributed by atoms with Gasteiger partial charge < -0.3 is 19.9 Å². The van der Waals surface area contributed by atoms with Gasteiger partial charge in [-0.15, -0.1) is 0 Å². The van der Waals surface area contributed by atoms with Crippen molar-refractivity contribution in [2.75, 3.05) is 13.2 Å². The molecule has 2 atom stereocenters. The first kappa shape index (κ1) is 16.9. The maximum atomic E-state index is 12.4. The number of hydrogen-bond donors (Lipinski definition) is 2. The SMILES string of the molecule is O=C(NC(C(=O)O)c1ccccc1)c1ccnc(OC2CCOC2)c1. The summed E-state index contributed by atoms with van der Waals surface area (Å²) in [7, 11) is 0. The monoisotopic (exact) mass is 342 g/mol. The lowest BCUT2D eigenvalue weighted by molar-refractivity contribution is -0.139. The average Bonchev–Trinajstić information content (AvgIpc) is 3.13. The predicted octanol–water partition coefficient (Wildman–Crippen LogP) is 1.80. The number of nitrogens with zero attached hydrogens (tertiary/aromatic N) is 1. The normalized spacial score (nSPS) is 17.7. The van der Waals surface area contributed by atoms with E-state index in [0.29, 0.717) is 24.7 Å². The van der Waals surface area contributed by atoms with Crippen molar-refractivity contribution in [3.63, 3.8) is 0 Å². The number of hydrogen-bond acceptors (Lipinski definition) is 5. The summed E-state index contributed by atoms with van der Waals surface area (Å²) in [6, 6.07) is 10.4. The van der Waals surface area contributed by atoms with E-state index in [4.69, 9.17) is 9.47 Å². The highest BCUT2D eigenvalue weighted by atomic mass is 16.5. The molecule has 0 spiro atoms. The van der Waals surface area contributed by atoms with Crippen molar-refractivity contribution in [2.24, 2.45) is 0 Å². The van der Waals surface area contributed by atoms with Gasteiger partial charge in [0.2, 0.25) is 5.88 Å². The number of ether oxygens (including phenoxy) is 2. The minimum atomic E-state index is -1.13. The third-order valence-electron chi connectivity index (χ3n) is 3.83. The van der Waals surface area contributed by atoms with Crippen molar-refractivity contribution in [2.45, 2.75) is 18.6 Å². The largest absolute Gasteiger partial charge is 0.479 e. The summed E-state index contributed by atoms with van der Waals surface area (Å²) in [6.07, 6.45) is 2.15. The third kappa shape index (κ3) is 4.33. The Morgan fingerprint density at radius 2 is 2.08 bits per heavy atom. The van der Waals surface area contributed by atoms with E-state index in [1.807, 2.05) is 0 Å². The van der Waals surface area contributed by atoms with E-state index in [1.165, 1.54) is 18.3 Å². The van der Waals surface area contributed by atoms with Gasteiger partial charge in [0.1, 0.15) is 6.10 Å². The summed E-state index contributed by atoms with van der Waals surface area (Å²) in [5.74, 6) is -1.32. The smallest absolute Gasteiger partial charge is 0.330 e. The van der Waals surface area contributed by atoms with E-state index >= 15 is 0 Å². The Hall–Kier alpha value is -2.93. The van der Waals surface area contributed by atoms with Crippen LogP contribution in [0.2, 0.25) is 0 Å². The zero-order valence-corrected chi connectivity index (χ0v) is 13.4. The fourth-order valence-corrected chi connectivity index (χ4v) is 2.54. The number of carbonyl (C=O) groups excluding carboxylic acids is 1. The molecule has 2 N–H and O–H groups in total. The third-order valence-corrected chi connectivity index (χ3v) is 3.83. The maximum Gasteiger partial charge on any atom is 0.330 e. The van der Waals surface area contributed by atoms with Gasteiger partial charge in [-0.25, -0.2) is 9.78 Å². The van der Waals surface area contributed by atoms with E-state index < -0.39 is 17.9 Å². The van der Waals surface area contributed by atoms with Crippen LogP contribution in [0.1, 0.15) is 28.4 Å². The molecule has 1 saturated heterocycles. The Balaban J connectivity index is 1.72. The first-order chi connectivity index (χ1) is 12.1. The topological polar surface area (TPSA) is 97.8 Å². The Bertz CT molecular complexity index is 744. The highest BCUT2D eigenvalue weighted by molar-refractivity contribution is 5.97. The number of carboxylic acid groups (broad SMARTS) is 1. The van der Waals surface area contributed by atoms with Crippen molar-refractivity contribution >= 4 is 11.9 Å². The molecule has 1 aliphatic rings. The number of pyridine rings is 1. The second-order valence-corrected chi connectivity index (χ2v) is 5.64. The number of aliphatic carboxylic acids is 1. The summed E-state index contributed by atoms with van der Waals surface area (Å²) >= 11 is 0. The number of nitrogens with one attached hydrogen (secondary N) is 1. The minimum Gasteiger partial charge on any atom is -0.479 e. The molecule has 3 rings (SSSR count). The predicted molar refractivity (Wildman–Crippen MR) is 88.4 cm³/mol. The van der Waals surface area contributed by atoms with Crippen LogP contribution >= 0.6 is 0 Å². The molecule has 0 bridgehead atoms. The van der Waals surface area contributed by atoms with Gasteiger partial charge in [0.05, 0.1) is 13.2 Å². The summed E-state index contributed by atoms with van der Waals surface area (Å²) in [5.41, 5.74) is 0.781. The molecule has 0 radical (unpaired) electrons. The van der Waals surface area contributed by atoms with Gasteiger partial charge in [-0.1, -0.05) is 30.3 Å². The van der Waals surface area contributed by atoms with Gasteiger partial charge in [-0.2, -0.15) is 0 Å². The first-order valence-electron chi connectivity index (χ1n) is 7.92. The minimum absolute atomic E-state index is 0.0816. The van der Waals surface area contributed by atoms with Crippen molar-refractivity contribution in [3.05, 3.63) is 59.8 Å². The number of carboxylic acids is 1. The molecular formula is C18H18N2O5. The van der Waals surface area contributed by atoms with Crippen molar-refractivity contribution in [1.82, 2.24) is 10.3 Å². The molecule has 2 aromatic rings. The summed E-state index contributed by atoms with van der Waals surface area (Å²) in [5, 5.41) is 11.9. The Kier molecular flexibility index (Phi) is 5.25. The molecule has 1 aliphatic heterocycles. The maximum absolute atomic E-state index is 12.4. The van der Waals surface area contributed by atoms with E-state index in [-0.39, 0.29) is 11.7 Å². The van der Waals surface area contributed by atoms with Crippen LogP contribution < -0.4 is 10.1 Å². The first-order valence-corrected chi connectivity index (χ1v) is 7.92. The molecule has 130 valence electrons. The highest BCUT2D eigenvalue weighted by Gasteiger charge is 2.23. The fourth-order valence-electron chi connectivity index (χ4n) is 2.54. The highest BCUT2D eigenvalue weighted by Crippen LogP contribution is 2.17. The van der Waals surface area contributed by atoms with E-state index in [9.17, 15) is 14.7 Å².